The van der Waals surface area contributed by atoms with Crippen LogP contribution in [0.2, 0.25) is 0 Å². The predicted octanol–water partition coefficient (Wildman–Crippen LogP) is 2.42. The van der Waals surface area contributed by atoms with E-state index in [9.17, 15) is 4.79 Å². The Morgan fingerprint density at radius 1 is 1.50 bits per heavy atom. The second kappa shape index (κ2) is 7.29. The normalized spacial score (nSPS) is 19.8. The predicted molar refractivity (Wildman–Crippen MR) is 78.1 cm³/mol. The van der Waals surface area contributed by atoms with Crippen molar-refractivity contribution < 1.29 is 14.6 Å². The summed E-state index contributed by atoms with van der Waals surface area (Å²) >= 11 is 0. The van der Waals surface area contributed by atoms with Crippen LogP contribution >= 0.6 is 0 Å². The van der Waals surface area contributed by atoms with Gasteiger partial charge in [0.2, 0.25) is 0 Å². The maximum absolute atomic E-state index is 11.0. The number of aliphatic carboxylic acids is 1. The number of hydrogen-bond donors (Lipinski definition) is 1. The number of rotatable bonds is 6. The lowest BCUT2D eigenvalue weighted by Gasteiger charge is -2.30. The van der Waals surface area contributed by atoms with Crippen LogP contribution in [0.15, 0.2) is 24.3 Å². The standard InChI is InChI=1S/C16H23NO3/c1-20-15-8-2-5-13(11-15)6-3-9-17-10-4-7-14(12-17)16(18)19/h2,5,8,11,14H,3-4,6-7,9-10,12H2,1H3,(H,18,19). The summed E-state index contributed by atoms with van der Waals surface area (Å²) in [7, 11) is 1.68. The fraction of sp³-hybridized carbons (Fsp3) is 0.562. The lowest BCUT2D eigenvalue weighted by molar-refractivity contribution is -0.143. The van der Waals surface area contributed by atoms with Gasteiger partial charge in [0.1, 0.15) is 5.75 Å². The number of benzene rings is 1. The maximum Gasteiger partial charge on any atom is 0.307 e. The summed E-state index contributed by atoms with van der Waals surface area (Å²) in [4.78, 5) is 13.3. The van der Waals surface area contributed by atoms with Gasteiger partial charge in [0.05, 0.1) is 13.0 Å². The molecule has 4 nitrogen and oxygen atoms in total. The minimum Gasteiger partial charge on any atom is -0.497 e. The quantitative estimate of drug-likeness (QED) is 0.867. The van der Waals surface area contributed by atoms with Crippen molar-refractivity contribution in [1.82, 2.24) is 4.90 Å². The molecule has 0 amide bonds. The van der Waals surface area contributed by atoms with Gasteiger partial charge >= 0.3 is 5.97 Å². The molecule has 1 N–H and O–H groups in total. The fourth-order valence-corrected chi connectivity index (χ4v) is 2.79. The Morgan fingerprint density at radius 3 is 3.10 bits per heavy atom. The van der Waals surface area contributed by atoms with E-state index in [2.05, 4.69) is 17.0 Å². The third kappa shape index (κ3) is 4.23. The lowest BCUT2D eigenvalue weighted by atomic mass is 9.98. The van der Waals surface area contributed by atoms with Crippen molar-refractivity contribution in [3.63, 3.8) is 0 Å². The molecule has 0 bridgehead atoms. The summed E-state index contributed by atoms with van der Waals surface area (Å²) in [5, 5.41) is 9.08. The van der Waals surface area contributed by atoms with Crippen molar-refractivity contribution in [1.29, 1.82) is 0 Å². The number of methoxy groups -OCH3 is 1. The zero-order chi connectivity index (χ0) is 14.4. The summed E-state index contributed by atoms with van der Waals surface area (Å²) in [6.45, 7) is 2.70. The van der Waals surface area contributed by atoms with E-state index in [1.165, 1.54) is 5.56 Å². The Morgan fingerprint density at radius 2 is 2.35 bits per heavy atom. The summed E-state index contributed by atoms with van der Waals surface area (Å²) in [6, 6.07) is 8.14. The van der Waals surface area contributed by atoms with E-state index in [0.717, 1.165) is 44.5 Å². The molecular formula is C16H23NO3. The summed E-state index contributed by atoms with van der Waals surface area (Å²) in [5.41, 5.74) is 1.27. The first-order chi connectivity index (χ1) is 9.69. The number of carbonyl (C=O) groups is 1. The molecule has 1 aromatic rings. The van der Waals surface area contributed by atoms with Crippen LogP contribution in [0.5, 0.6) is 5.75 Å². The molecule has 0 radical (unpaired) electrons. The average Bonchev–Trinajstić information content (AvgIpc) is 2.48. The van der Waals surface area contributed by atoms with Gasteiger partial charge in [0.25, 0.3) is 0 Å². The zero-order valence-corrected chi connectivity index (χ0v) is 12.0. The molecule has 1 aromatic carbocycles. The minimum atomic E-state index is -0.650. The number of nitrogens with zero attached hydrogens (tertiary/aromatic N) is 1. The maximum atomic E-state index is 11.0. The molecule has 1 atom stereocenters. The van der Waals surface area contributed by atoms with Gasteiger partial charge in [-0.25, -0.2) is 0 Å². The molecule has 0 aliphatic carbocycles. The van der Waals surface area contributed by atoms with Gasteiger partial charge in [-0.2, -0.15) is 0 Å². The van der Waals surface area contributed by atoms with Crippen molar-refractivity contribution in [2.24, 2.45) is 5.92 Å². The van der Waals surface area contributed by atoms with Crippen molar-refractivity contribution in [2.75, 3.05) is 26.7 Å². The van der Waals surface area contributed by atoms with Crippen LogP contribution in [0.3, 0.4) is 0 Å². The summed E-state index contributed by atoms with van der Waals surface area (Å²) < 4.78 is 5.22. The van der Waals surface area contributed by atoms with Gasteiger partial charge in [-0.15, -0.1) is 0 Å². The largest absolute Gasteiger partial charge is 0.497 e. The van der Waals surface area contributed by atoms with Crippen molar-refractivity contribution in [3.8, 4) is 5.75 Å². The topological polar surface area (TPSA) is 49.8 Å². The number of ether oxygens (including phenoxy) is 1. The molecule has 0 aromatic heterocycles. The van der Waals surface area contributed by atoms with E-state index >= 15 is 0 Å². The molecule has 0 saturated carbocycles. The Labute approximate surface area is 120 Å². The molecule has 20 heavy (non-hydrogen) atoms. The molecule has 1 fully saturated rings. The van der Waals surface area contributed by atoms with Gasteiger partial charge in [0, 0.05) is 6.54 Å². The van der Waals surface area contributed by atoms with E-state index < -0.39 is 5.97 Å². The first kappa shape index (κ1) is 14.9. The molecule has 2 rings (SSSR count). The van der Waals surface area contributed by atoms with Crippen LogP contribution in [0.4, 0.5) is 0 Å². The van der Waals surface area contributed by atoms with E-state index in [1.807, 2.05) is 12.1 Å². The van der Waals surface area contributed by atoms with Crippen LogP contribution in [0.25, 0.3) is 0 Å². The number of piperidine rings is 1. The third-order valence-corrected chi connectivity index (χ3v) is 3.93. The fourth-order valence-electron chi connectivity index (χ4n) is 2.79. The lowest BCUT2D eigenvalue weighted by Crippen LogP contribution is -2.39. The second-order valence-corrected chi connectivity index (χ2v) is 5.43. The monoisotopic (exact) mass is 277 g/mol. The molecule has 1 saturated heterocycles. The first-order valence-electron chi connectivity index (χ1n) is 7.27. The number of likely N-dealkylation sites (tertiary alicyclic amines) is 1. The van der Waals surface area contributed by atoms with E-state index in [-0.39, 0.29) is 5.92 Å². The smallest absolute Gasteiger partial charge is 0.307 e. The first-order valence-corrected chi connectivity index (χ1v) is 7.27. The highest BCUT2D eigenvalue weighted by Gasteiger charge is 2.24. The van der Waals surface area contributed by atoms with Crippen LogP contribution in [0.1, 0.15) is 24.8 Å². The van der Waals surface area contributed by atoms with Gasteiger partial charge in [-0.1, -0.05) is 12.1 Å². The molecule has 0 spiro atoms. The molecule has 4 heteroatoms. The zero-order valence-electron chi connectivity index (χ0n) is 12.0. The Kier molecular flexibility index (Phi) is 5.41. The summed E-state index contributed by atoms with van der Waals surface area (Å²) in [6.07, 6.45) is 3.88. The van der Waals surface area contributed by atoms with Gasteiger partial charge in [-0.05, 0) is 56.5 Å². The number of aryl methyl sites for hydroxylation is 1. The van der Waals surface area contributed by atoms with E-state index in [0.29, 0.717) is 6.54 Å². The van der Waals surface area contributed by atoms with Crippen molar-refractivity contribution >= 4 is 5.97 Å². The molecular weight excluding hydrogens is 254 g/mol. The Balaban J connectivity index is 1.76. The van der Waals surface area contributed by atoms with Crippen LogP contribution in [-0.2, 0) is 11.2 Å². The van der Waals surface area contributed by atoms with Gasteiger partial charge in [0.15, 0.2) is 0 Å². The highest BCUT2D eigenvalue weighted by molar-refractivity contribution is 5.70. The van der Waals surface area contributed by atoms with Crippen molar-refractivity contribution in [3.05, 3.63) is 29.8 Å². The summed E-state index contributed by atoms with van der Waals surface area (Å²) in [5.74, 6) is 0.0643. The highest BCUT2D eigenvalue weighted by atomic mass is 16.5. The van der Waals surface area contributed by atoms with Gasteiger partial charge in [-0.3, -0.25) is 4.79 Å². The second-order valence-electron chi connectivity index (χ2n) is 5.43. The van der Waals surface area contributed by atoms with Crippen LogP contribution in [0, 0.1) is 5.92 Å². The van der Waals surface area contributed by atoms with E-state index in [4.69, 9.17) is 9.84 Å². The van der Waals surface area contributed by atoms with Crippen LogP contribution in [-0.4, -0.2) is 42.7 Å². The molecule has 1 unspecified atom stereocenters. The minimum absolute atomic E-state index is 0.180. The molecule has 1 aliphatic rings. The Bertz CT molecular complexity index is 447. The number of carboxylic acid groups (broad SMARTS) is 1. The van der Waals surface area contributed by atoms with Crippen LogP contribution < -0.4 is 4.74 Å². The number of hydrogen-bond acceptors (Lipinski definition) is 3. The molecule has 1 aliphatic heterocycles. The van der Waals surface area contributed by atoms with E-state index in [1.54, 1.807) is 7.11 Å². The Hall–Kier alpha value is -1.55. The molecule has 1 heterocycles. The average molecular weight is 277 g/mol. The van der Waals surface area contributed by atoms with Gasteiger partial charge < -0.3 is 14.7 Å². The molecule has 110 valence electrons. The third-order valence-electron chi connectivity index (χ3n) is 3.93. The number of carboxylic acids is 1. The SMILES string of the molecule is COc1cccc(CCCN2CCCC(C(=O)O)C2)c1. The van der Waals surface area contributed by atoms with Crippen molar-refractivity contribution in [2.45, 2.75) is 25.7 Å². The highest BCUT2D eigenvalue weighted by Crippen LogP contribution is 2.18.